The van der Waals surface area contributed by atoms with Gasteiger partial charge in [-0.25, -0.2) is 13.1 Å². The fourth-order valence-electron chi connectivity index (χ4n) is 4.19. The zero-order valence-corrected chi connectivity index (χ0v) is 17.8. The van der Waals surface area contributed by atoms with E-state index in [1.165, 1.54) is 4.68 Å². The van der Waals surface area contributed by atoms with Gasteiger partial charge in [0.1, 0.15) is 5.82 Å². The molecule has 160 valence electrons. The molecule has 1 aliphatic heterocycles. The first-order valence-corrected chi connectivity index (χ1v) is 12.2. The van der Waals surface area contributed by atoms with Gasteiger partial charge in [0, 0.05) is 11.6 Å². The molecule has 4 rings (SSSR count). The van der Waals surface area contributed by atoms with Gasteiger partial charge in [-0.15, -0.1) is 0 Å². The molecule has 8 nitrogen and oxygen atoms in total. The lowest BCUT2D eigenvalue weighted by atomic mass is 10.1. The number of carbonyl (C=O) groups excluding carboxylic acids is 2. The zero-order chi connectivity index (χ0) is 21.3. The molecule has 0 saturated heterocycles. The van der Waals surface area contributed by atoms with Gasteiger partial charge in [-0.1, -0.05) is 43.9 Å². The van der Waals surface area contributed by atoms with Crippen LogP contribution in [0.3, 0.4) is 0 Å². The maximum Gasteiger partial charge on any atom is 0.314 e. The summed E-state index contributed by atoms with van der Waals surface area (Å²) >= 11 is 0. The molecule has 1 fully saturated rings. The molecule has 0 radical (unpaired) electrons. The molecular weight excluding hydrogens is 404 g/mol. The fraction of sp³-hybridized carbons (Fsp3) is 0.476. The third-order valence-electron chi connectivity index (χ3n) is 5.76. The van der Waals surface area contributed by atoms with Gasteiger partial charge in [-0.05, 0) is 31.4 Å². The lowest BCUT2D eigenvalue weighted by Gasteiger charge is -2.17. The molecular formula is C21H26N4O4S. The van der Waals surface area contributed by atoms with Crippen molar-refractivity contribution in [3.05, 3.63) is 41.1 Å². The Morgan fingerprint density at radius 2 is 1.73 bits per heavy atom. The van der Waals surface area contributed by atoms with E-state index in [4.69, 9.17) is 0 Å². The Kier molecular flexibility index (Phi) is 5.64. The van der Waals surface area contributed by atoms with Crippen molar-refractivity contribution in [3.63, 3.8) is 0 Å². The van der Waals surface area contributed by atoms with Gasteiger partial charge in [0.05, 0.1) is 22.9 Å². The van der Waals surface area contributed by atoms with Crippen LogP contribution in [-0.2, 0) is 30.9 Å². The van der Waals surface area contributed by atoms with Crippen LogP contribution in [0.4, 0.5) is 5.82 Å². The highest BCUT2D eigenvalue weighted by Gasteiger charge is 2.34. The van der Waals surface area contributed by atoms with Crippen LogP contribution in [0.25, 0.3) is 5.69 Å². The number of fused-ring (bicyclic) bond motifs is 1. The minimum Gasteiger partial charge on any atom is -0.345 e. The van der Waals surface area contributed by atoms with E-state index in [1.807, 2.05) is 31.2 Å². The van der Waals surface area contributed by atoms with Crippen LogP contribution in [0.5, 0.6) is 0 Å². The van der Waals surface area contributed by atoms with Gasteiger partial charge >= 0.3 is 11.8 Å². The minimum atomic E-state index is -3.30. The molecule has 1 aromatic heterocycles. The van der Waals surface area contributed by atoms with E-state index in [0.717, 1.165) is 49.8 Å². The Balaban J connectivity index is 1.60. The van der Waals surface area contributed by atoms with E-state index in [0.29, 0.717) is 11.3 Å². The number of nitrogens with zero attached hydrogens (tertiary/aromatic N) is 2. The van der Waals surface area contributed by atoms with Crippen molar-refractivity contribution in [3.8, 4) is 5.69 Å². The van der Waals surface area contributed by atoms with Crippen molar-refractivity contribution in [1.29, 1.82) is 0 Å². The molecule has 1 aliphatic carbocycles. The summed E-state index contributed by atoms with van der Waals surface area (Å²) in [4.78, 5) is 25.2. The Morgan fingerprint density at radius 3 is 2.43 bits per heavy atom. The van der Waals surface area contributed by atoms with E-state index in [-0.39, 0.29) is 23.4 Å². The lowest BCUT2D eigenvalue weighted by molar-refractivity contribution is -0.136. The summed E-state index contributed by atoms with van der Waals surface area (Å²) in [6.45, 7) is 1.91. The van der Waals surface area contributed by atoms with Crippen LogP contribution in [0.2, 0.25) is 0 Å². The maximum atomic E-state index is 12.7. The van der Waals surface area contributed by atoms with Gasteiger partial charge in [0.2, 0.25) is 0 Å². The second kappa shape index (κ2) is 8.22. The predicted octanol–water partition coefficient (Wildman–Crippen LogP) is 2.39. The number of aromatic nitrogens is 2. The highest BCUT2D eigenvalue weighted by atomic mass is 32.2. The van der Waals surface area contributed by atoms with Crippen LogP contribution in [0.15, 0.2) is 24.3 Å². The zero-order valence-electron chi connectivity index (χ0n) is 17.0. The first-order valence-electron chi connectivity index (χ1n) is 10.3. The lowest BCUT2D eigenvalue weighted by Crippen LogP contribution is -2.42. The van der Waals surface area contributed by atoms with Crippen molar-refractivity contribution >= 4 is 27.5 Å². The first kappa shape index (κ1) is 20.6. The summed E-state index contributed by atoms with van der Waals surface area (Å²) in [5.74, 6) is -1.62. The number of hydrogen-bond acceptors (Lipinski definition) is 5. The van der Waals surface area contributed by atoms with E-state index in [1.54, 1.807) is 0 Å². The highest BCUT2D eigenvalue weighted by molar-refractivity contribution is 7.90. The van der Waals surface area contributed by atoms with Gasteiger partial charge in [-0.3, -0.25) is 9.59 Å². The molecule has 2 heterocycles. The summed E-state index contributed by atoms with van der Waals surface area (Å²) in [6, 6.07) is 7.48. The molecule has 0 unspecified atom stereocenters. The second-order valence-electron chi connectivity index (χ2n) is 8.12. The average molecular weight is 431 g/mol. The van der Waals surface area contributed by atoms with Gasteiger partial charge in [0.25, 0.3) is 0 Å². The summed E-state index contributed by atoms with van der Waals surface area (Å²) in [5, 5.41) is 9.92. The van der Waals surface area contributed by atoms with Crippen molar-refractivity contribution < 1.29 is 18.0 Å². The molecule has 2 N–H and O–H groups in total. The standard InChI is InChI=1S/C21H26N4O4S/c1-14-8-6-7-11-18(14)25-19(16-12-30(28,29)13-17(16)24-25)23-21(27)20(26)22-15-9-4-2-3-5-10-15/h6-8,11,15H,2-5,9-10,12-13H2,1H3,(H,22,26)(H,23,27). The van der Waals surface area contributed by atoms with Crippen molar-refractivity contribution in [2.75, 3.05) is 5.32 Å². The molecule has 30 heavy (non-hydrogen) atoms. The number of carbonyl (C=O) groups is 2. The third kappa shape index (κ3) is 4.26. The number of para-hydroxylation sites is 1. The largest absolute Gasteiger partial charge is 0.345 e. The molecule has 0 bridgehead atoms. The van der Waals surface area contributed by atoms with Crippen molar-refractivity contribution in [1.82, 2.24) is 15.1 Å². The monoisotopic (exact) mass is 430 g/mol. The number of hydrogen-bond donors (Lipinski definition) is 2. The highest BCUT2D eigenvalue weighted by Crippen LogP contribution is 2.33. The van der Waals surface area contributed by atoms with E-state index >= 15 is 0 Å². The Morgan fingerprint density at radius 1 is 1.03 bits per heavy atom. The van der Waals surface area contributed by atoms with Gasteiger partial charge in [0.15, 0.2) is 9.84 Å². The molecule has 9 heteroatoms. The smallest absolute Gasteiger partial charge is 0.314 e. The normalized spacial score (nSPS) is 18.4. The Hall–Kier alpha value is -2.68. The Labute approximate surface area is 176 Å². The first-order chi connectivity index (χ1) is 14.3. The van der Waals surface area contributed by atoms with E-state index < -0.39 is 21.7 Å². The Bertz CT molecular complexity index is 1080. The number of rotatable bonds is 3. The molecule has 1 aromatic carbocycles. The SMILES string of the molecule is Cc1ccccc1-n1nc2c(c1NC(=O)C(=O)NC1CCCCCC1)CS(=O)(=O)C2. The molecule has 2 aromatic rings. The van der Waals surface area contributed by atoms with Crippen LogP contribution in [-0.4, -0.2) is 36.1 Å². The third-order valence-corrected chi connectivity index (χ3v) is 7.20. The maximum absolute atomic E-state index is 12.7. The van der Waals surface area contributed by atoms with Crippen molar-refractivity contribution in [2.24, 2.45) is 0 Å². The summed E-state index contributed by atoms with van der Waals surface area (Å²) < 4.78 is 25.7. The number of anilines is 1. The molecule has 2 aliphatic rings. The predicted molar refractivity (Wildman–Crippen MR) is 113 cm³/mol. The number of benzene rings is 1. The summed E-state index contributed by atoms with van der Waals surface area (Å²) in [6.07, 6.45) is 6.11. The van der Waals surface area contributed by atoms with E-state index in [2.05, 4.69) is 15.7 Å². The fourth-order valence-corrected chi connectivity index (χ4v) is 5.68. The van der Waals surface area contributed by atoms with Crippen LogP contribution in [0.1, 0.15) is 55.3 Å². The number of nitrogens with one attached hydrogen (secondary N) is 2. The van der Waals surface area contributed by atoms with Crippen molar-refractivity contribution in [2.45, 2.75) is 63.0 Å². The van der Waals surface area contributed by atoms with Gasteiger partial charge < -0.3 is 10.6 Å². The minimum absolute atomic E-state index is 0.00174. The van der Waals surface area contributed by atoms with Crippen LogP contribution >= 0.6 is 0 Å². The van der Waals surface area contributed by atoms with Crippen LogP contribution < -0.4 is 10.6 Å². The molecule has 1 saturated carbocycles. The summed E-state index contributed by atoms with van der Waals surface area (Å²) in [5.41, 5.74) is 2.51. The molecule has 0 atom stereocenters. The average Bonchev–Trinajstić information content (AvgIpc) is 3.02. The summed E-state index contributed by atoms with van der Waals surface area (Å²) in [7, 11) is -3.30. The topological polar surface area (TPSA) is 110 Å². The van der Waals surface area contributed by atoms with E-state index in [9.17, 15) is 18.0 Å². The second-order valence-corrected chi connectivity index (χ2v) is 10.2. The van der Waals surface area contributed by atoms with Crippen LogP contribution in [0, 0.1) is 6.92 Å². The molecule has 0 spiro atoms. The van der Waals surface area contributed by atoms with Gasteiger partial charge in [-0.2, -0.15) is 5.10 Å². The molecule has 2 amide bonds. The number of amides is 2. The number of sulfone groups is 1. The number of aryl methyl sites for hydroxylation is 1. The quantitative estimate of drug-likeness (QED) is 0.574.